The fourth-order valence-corrected chi connectivity index (χ4v) is 3.97. The molecular weight excluding hydrogens is 246 g/mol. The maximum absolute atomic E-state index is 6.60. The lowest BCUT2D eigenvalue weighted by atomic mass is 9.75. The molecule has 2 aliphatic rings. The summed E-state index contributed by atoms with van der Waals surface area (Å²) in [5, 5.41) is 0. The highest BCUT2D eigenvalue weighted by Crippen LogP contribution is 2.38. The minimum atomic E-state index is 0.114. The fraction of sp³-hybridized carbons (Fsp3) is 0.667. The smallest absolute Gasteiger partial charge is 0.0981 e. The van der Waals surface area contributed by atoms with Crippen LogP contribution in [-0.4, -0.2) is 12.6 Å². The van der Waals surface area contributed by atoms with Crippen LogP contribution in [0.2, 0.25) is 0 Å². The second-order valence-electron chi connectivity index (χ2n) is 6.51. The van der Waals surface area contributed by atoms with E-state index in [-0.39, 0.29) is 12.1 Å². The summed E-state index contributed by atoms with van der Waals surface area (Å²) in [7, 11) is 0. The van der Waals surface area contributed by atoms with Gasteiger partial charge < -0.3 is 10.5 Å². The van der Waals surface area contributed by atoms with Gasteiger partial charge in [0.1, 0.15) is 0 Å². The normalized spacial score (nSPS) is 31.6. The summed E-state index contributed by atoms with van der Waals surface area (Å²) >= 11 is 0. The van der Waals surface area contributed by atoms with Gasteiger partial charge in [0, 0.05) is 6.04 Å². The van der Waals surface area contributed by atoms with Crippen LogP contribution in [0.5, 0.6) is 0 Å². The van der Waals surface area contributed by atoms with Gasteiger partial charge in [0.15, 0.2) is 0 Å². The Labute approximate surface area is 122 Å². The number of hydrogen-bond donors (Lipinski definition) is 1. The molecule has 0 aromatic heterocycles. The van der Waals surface area contributed by atoms with Gasteiger partial charge >= 0.3 is 0 Å². The molecule has 0 amide bonds. The van der Waals surface area contributed by atoms with Crippen molar-refractivity contribution in [1.82, 2.24) is 0 Å². The van der Waals surface area contributed by atoms with Gasteiger partial charge in [0.25, 0.3) is 0 Å². The lowest BCUT2D eigenvalue weighted by molar-refractivity contribution is 0.00367. The molecule has 110 valence electrons. The summed E-state index contributed by atoms with van der Waals surface area (Å²) < 4.78 is 6.05. The molecule has 1 saturated carbocycles. The third-order valence-electron chi connectivity index (χ3n) is 5.39. The molecule has 1 heterocycles. The van der Waals surface area contributed by atoms with Crippen LogP contribution in [0.4, 0.5) is 0 Å². The summed E-state index contributed by atoms with van der Waals surface area (Å²) in [5.74, 6) is 1.56. The predicted molar refractivity (Wildman–Crippen MR) is 82.6 cm³/mol. The van der Waals surface area contributed by atoms with Crippen molar-refractivity contribution < 1.29 is 4.74 Å². The Kier molecular flexibility index (Phi) is 4.42. The lowest BCUT2D eigenvalue weighted by Gasteiger charge is -2.38. The molecule has 3 rings (SSSR count). The van der Waals surface area contributed by atoms with Crippen LogP contribution in [0.15, 0.2) is 24.3 Å². The first-order valence-electron chi connectivity index (χ1n) is 8.24. The molecule has 2 nitrogen and oxygen atoms in total. The largest absolute Gasteiger partial charge is 0.372 e. The van der Waals surface area contributed by atoms with Crippen molar-refractivity contribution in [3.05, 3.63) is 35.4 Å². The monoisotopic (exact) mass is 273 g/mol. The molecule has 0 radical (unpaired) electrons. The molecule has 1 aromatic rings. The number of fused-ring (bicyclic) bond motifs is 1. The van der Waals surface area contributed by atoms with Gasteiger partial charge in [-0.3, -0.25) is 0 Å². The topological polar surface area (TPSA) is 35.2 Å². The Morgan fingerprint density at radius 2 is 1.95 bits per heavy atom. The van der Waals surface area contributed by atoms with Gasteiger partial charge in [0.05, 0.1) is 12.7 Å². The third-order valence-corrected chi connectivity index (χ3v) is 5.39. The van der Waals surface area contributed by atoms with Crippen LogP contribution < -0.4 is 5.73 Å². The van der Waals surface area contributed by atoms with Crippen LogP contribution in [-0.2, 0) is 11.2 Å². The Hall–Kier alpha value is -0.860. The minimum absolute atomic E-state index is 0.114. The highest BCUT2D eigenvalue weighted by molar-refractivity contribution is 5.32. The number of hydrogen-bond acceptors (Lipinski definition) is 2. The zero-order valence-electron chi connectivity index (χ0n) is 12.6. The van der Waals surface area contributed by atoms with E-state index in [0.717, 1.165) is 18.9 Å². The quantitative estimate of drug-likeness (QED) is 0.908. The van der Waals surface area contributed by atoms with Crippen LogP contribution in [0.25, 0.3) is 0 Å². The Balaban J connectivity index is 1.71. The van der Waals surface area contributed by atoms with Crippen molar-refractivity contribution in [3.63, 3.8) is 0 Å². The second kappa shape index (κ2) is 6.28. The first-order valence-corrected chi connectivity index (χ1v) is 8.24. The highest BCUT2D eigenvalue weighted by Gasteiger charge is 2.33. The van der Waals surface area contributed by atoms with Crippen molar-refractivity contribution >= 4 is 0 Å². The van der Waals surface area contributed by atoms with Crippen molar-refractivity contribution in [2.45, 2.75) is 57.6 Å². The molecule has 0 saturated heterocycles. The van der Waals surface area contributed by atoms with Crippen LogP contribution in [0.3, 0.4) is 0 Å². The van der Waals surface area contributed by atoms with Gasteiger partial charge in [-0.25, -0.2) is 0 Å². The lowest BCUT2D eigenvalue weighted by Crippen LogP contribution is -2.41. The molecule has 2 atom stereocenters. The van der Waals surface area contributed by atoms with E-state index in [1.165, 1.54) is 43.2 Å². The van der Waals surface area contributed by atoms with E-state index in [0.29, 0.717) is 5.92 Å². The molecule has 20 heavy (non-hydrogen) atoms. The van der Waals surface area contributed by atoms with E-state index >= 15 is 0 Å². The molecule has 2 heteroatoms. The highest BCUT2D eigenvalue weighted by atomic mass is 16.5. The van der Waals surface area contributed by atoms with E-state index in [4.69, 9.17) is 10.5 Å². The maximum atomic E-state index is 6.60. The Morgan fingerprint density at radius 3 is 2.70 bits per heavy atom. The van der Waals surface area contributed by atoms with Crippen molar-refractivity contribution in [3.8, 4) is 0 Å². The van der Waals surface area contributed by atoms with E-state index in [1.54, 1.807) is 0 Å². The summed E-state index contributed by atoms with van der Waals surface area (Å²) in [5.41, 5.74) is 9.37. The standard InChI is InChI=1S/C18H27NO/c1-2-13-7-9-15(10-8-13)17(19)18-16-6-4-3-5-14(16)11-12-20-18/h3-6,13,15,17-18H,2,7-12,19H2,1H3. The molecule has 1 aliphatic carbocycles. The Morgan fingerprint density at radius 1 is 1.20 bits per heavy atom. The van der Waals surface area contributed by atoms with Crippen molar-refractivity contribution in [1.29, 1.82) is 0 Å². The van der Waals surface area contributed by atoms with Crippen molar-refractivity contribution in [2.75, 3.05) is 6.61 Å². The van der Waals surface area contributed by atoms with Crippen LogP contribution in [0, 0.1) is 11.8 Å². The van der Waals surface area contributed by atoms with Gasteiger partial charge in [-0.05, 0) is 42.2 Å². The predicted octanol–water partition coefficient (Wildman–Crippen LogP) is 3.84. The summed E-state index contributed by atoms with van der Waals surface area (Å²) in [4.78, 5) is 0. The second-order valence-corrected chi connectivity index (χ2v) is 6.51. The fourth-order valence-electron chi connectivity index (χ4n) is 3.97. The molecular formula is C18H27NO. The minimum Gasteiger partial charge on any atom is -0.372 e. The van der Waals surface area contributed by atoms with E-state index in [2.05, 4.69) is 31.2 Å². The third kappa shape index (κ3) is 2.77. The van der Waals surface area contributed by atoms with Gasteiger partial charge in [-0.2, -0.15) is 0 Å². The zero-order chi connectivity index (χ0) is 13.9. The number of benzene rings is 1. The Bertz CT molecular complexity index is 437. The van der Waals surface area contributed by atoms with Gasteiger partial charge in [0.2, 0.25) is 0 Å². The maximum Gasteiger partial charge on any atom is 0.0981 e. The zero-order valence-corrected chi connectivity index (χ0v) is 12.6. The van der Waals surface area contributed by atoms with Gasteiger partial charge in [-0.1, -0.05) is 50.5 Å². The SMILES string of the molecule is CCC1CCC(C(N)C2OCCc3ccccc32)CC1. The molecule has 0 bridgehead atoms. The van der Waals surface area contributed by atoms with Crippen LogP contribution >= 0.6 is 0 Å². The van der Waals surface area contributed by atoms with E-state index < -0.39 is 0 Å². The van der Waals surface area contributed by atoms with E-state index in [1.807, 2.05) is 0 Å². The molecule has 2 N–H and O–H groups in total. The average Bonchev–Trinajstić information content (AvgIpc) is 2.54. The molecule has 1 fully saturated rings. The number of ether oxygens (including phenoxy) is 1. The number of nitrogens with two attached hydrogens (primary N) is 1. The number of rotatable bonds is 3. The van der Waals surface area contributed by atoms with Crippen LogP contribution in [0.1, 0.15) is 56.3 Å². The molecule has 1 aromatic carbocycles. The molecule has 0 spiro atoms. The summed E-state index contributed by atoms with van der Waals surface area (Å²) in [6.07, 6.45) is 7.73. The molecule has 2 unspecified atom stereocenters. The summed E-state index contributed by atoms with van der Waals surface area (Å²) in [6, 6.07) is 8.83. The average molecular weight is 273 g/mol. The van der Waals surface area contributed by atoms with Crippen molar-refractivity contribution in [2.24, 2.45) is 17.6 Å². The van der Waals surface area contributed by atoms with Gasteiger partial charge in [-0.15, -0.1) is 0 Å². The summed E-state index contributed by atoms with van der Waals surface area (Å²) in [6.45, 7) is 3.13. The molecule has 1 aliphatic heterocycles. The first-order chi connectivity index (χ1) is 9.79. The first kappa shape index (κ1) is 14.1. The van der Waals surface area contributed by atoms with E-state index in [9.17, 15) is 0 Å².